The van der Waals surface area contributed by atoms with Crippen LogP contribution in [0.5, 0.6) is 5.75 Å². The van der Waals surface area contributed by atoms with E-state index in [2.05, 4.69) is 4.90 Å². The van der Waals surface area contributed by atoms with Crippen LogP contribution in [0.3, 0.4) is 0 Å². The summed E-state index contributed by atoms with van der Waals surface area (Å²) >= 11 is 0. The number of Topliss-reactive ketones (excluding diaryl/α,β-unsaturated/α-hetero) is 1. The summed E-state index contributed by atoms with van der Waals surface area (Å²) in [6.45, 7) is 10.3. The Balaban J connectivity index is 1.47. The lowest BCUT2D eigenvalue weighted by atomic mass is 10.0. The predicted molar refractivity (Wildman–Crippen MR) is 131 cm³/mol. The fourth-order valence-corrected chi connectivity index (χ4v) is 4.29. The topological polar surface area (TPSA) is 63.0 Å². The van der Waals surface area contributed by atoms with Gasteiger partial charge in [0, 0.05) is 60.5 Å². The van der Waals surface area contributed by atoms with E-state index in [1.54, 1.807) is 20.1 Å². The van der Waals surface area contributed by atoms with E-state index < -0.39 is 0 Å². The summed E-state index contributed by atoms with van der Waals surface area (Å²) in [5.41, 5.74) is 5.42. The largest absolute Gasteiger partial charge is 0.496 e. The third-order valence-corrected chi connectivity index (χ3v) is 6.49. The third kappa shape index (κ3) is 4.51. The van der Waals surface area contributed by atoms with Crippen LogP contribution in [-0.4, -0.2) is 49.9 Å². The monoisotopic (exact) mass is 446 g/mol. The Hall–Kier alpha value is -3.54. The number of hydrogen-bond donors (Lipinski definition) is 0. The van der Waals surface area contributed by atoms with Crippen LogP contribution >= 0.6 is 0 Å². The first-order valence-electron chi connectivity index (χ1n) is 11.2. The number of allylic oxidation sites excluding steroid dienone is 1. The highest BCUT2D eigenvalue weighted by molar-refractivity contribution is 5.97. The van der Waals surface area contributed by atoms with Crippen LogP contribution in [0.15, 0.2) is 46.9 Å². The van der Waals surface area contributed by atoms with Crippen molar-refractivity contribution < 1.29 is 18.7 Å². The molecular formula is C27H30N2O4. The van der Waals surface area contributed by atoms with E-state index in [9.17, 15) is 9.59 Å². The number of piperazine rings is 1. The zero-order valence-corrected chi connectivity index (χ0v) is 19.9. The minimum Gasteiger partial charge on any atom is -0.496 e. The van der Waals surface area contributed by atoms with E-state index >= 15 is 0 Å². The SMILES string of the molecule is COc1cc2oc(C)c(C)c2cc1/C(C)=C/C(=O)N1CCN(c2ccc(C(C)=O)cc2)CC1. The molecule has 1 aliphatic heterocycles. The second-order valence-corrected chi connectivity index (χ2v) is 8.57. The molecule has 2 heterocycles. The fraction of sp³-hybridized carbons (Fsp3) is 0.333. The number of hydrogen-bond acceptors (Lipinski definition) is 5. The summed E-state index contributed by atoms with van der Waals surface area (Å²) in [5, 5.41) is 1.04. The molecule has 1 fully saturated rings. The van der Waals surface area contributed by atoms with E-state index in [4.69, 9.17) is 9.15 Å². The lowest BCUT2D eigenvalue weighted by Gasteiger charge is -2.35. The number of rotatable bonds is 5. The van der Waals surface area contributed by atoms with Gasteiger partial charge in [0.25, 0.3) is 0 Å². The van der Waals surface area contributed by atoms with Crippen LogP contribution in [0.2, 0.25) is 0 Å². The first-order chi connectivity index (χ1) is 15.8. The van der Waals surface area contributed by atoms with Crippen molar-refractivity contribution >= 4 is 33.9 Å². The molecule has 4 rings (SSSR count). The second kappa shape index (κ2) is 9.14. The molecule has 0 bridgehead atoms. The van der Waals surface area contributed by atoms with Crippen LogP contribution < -0.4 is 9.64 Å². The molecule has 6 nitrogen and oxygen atoms in total. The minimum atomic E-state index is 0.00123. The molecule has 6 heteroatoms. The number of ether oxygens (including phenoxy) is 1. The molecule has 1 amide bonds. The van der Waals surface area contributed by atoms with Crippen molar-refractivity contribution in [3.05, 3.63) is 64.9 Å². The molecule has 0 saturated carbocycles. The fourth-order valence-electron chi connectivity index (χ4n) is 4.29. The number of nitrogens with zero attached hydrogens (tertiary/aromatic N) is 2. The molecule has 0 N–H and O–H groups in total. The molecule has 0 spiro atoms. The Kier molecular flexibility index (Phi) is 6.27. The number of benzene rings is 2. The van der Waals surface area contributed by atoms with Gasteiger partial charge in [-0.2, -0.15) is 0 Å². The third-order valence-electron chi connectivity index (χ3n) is 6.49. The van der Waals surface area contributed by atoms with Crippen LogP contribution in [0, 0.1) is 13.8 Å². The summed E-state index contributed by atoms with van der Waals surface area (Å²) in [4.78, 5) is 28.6. The van der Waals surface area contributed by atoms with Gasteiger partial charge in [-0.3, -0.25) is 9.59 Å². The van der Waals surface area contributed by atoms with E-state index in [-0.39, 0.29) is 11.7 Å². The lowest BCUT2D eigenvalue weighted by molar-refractivity contribution is -0.126. The molecule has 0 radical (unpaired) electrons. The van der Waals surface area contributed by atoms with E-state index in [0.717, 1.165) is 52.2 Å². The number of methoxy groups -OCH3 is 1. The Morgan fingerprint density at radius 2 is 1.67 bits per heavy atom. The van der Waals surface area contributed by atoms with Crippen LogP contribution in [0.1, 0.15) is 41.1 Å². The summed E-state index contributed by atoms with van der Waals surface area (Å²) in [5.74, 6) is 1.64. The highest BCUT2D eigenvalue weighted by Crippen LogP contribution is 2.34. The first-order valence-corrected chi connectivity index (χ1v) is 11.2. The first kappa shape index (κ1) is 22.6. The zero-order valence-electron chi connectivity index (χ0n) is 19.9. The molecule has 0 aliphatic carbocycles. The van der Waals surface area contributed by atoms with Crippen molar-refractivity contribution in [3.63, 3.8) is 0 Å². The Bertz CT molecular complexity index is 1230. The van der Waals surface area contributed by atoms with E-state index in [1.807, 2.05) is 62.1 Å². The average Bonchev–Trinajstić information content (AvgIpc) is 3.10. The molecule has 3 aromatic rings. The summed E-state index contributed by atoms with van der Waals surface area (Å²) in [6.07, 6.45) is 1.70. The normalized spacial score (nSPS) is 14.6. The van der Waals surface area contributed by atoms with Gasteiger partial charge in [-0.1, -0.05) is 0 Å². The molecule has 2 aromatic carbocycles. The zero-order chi connectivity index (χ0) is 23.7. The number of aryl methyl sites for hydroxylation is 2. The summed E-state index contributed by atoms with van der Waals surface area (Å²) in [7, 11) is 1.63. The number of ketones is 1. The standard InChI is InChI=1S/C27H30N2O4/c1-17(23-15-24-18(2)20(4)33-26(24)16-25(23)32-5)14-27(31)29-12-10-28(11-13-29)22-8-6-21(7-9-22)19(3)30/h6-9,14-16H,10-13H2,1-5H3/b17-14+. The summed E-state index contributed by atoms with van der Waals surface area (Å²) < 4.78 is 11.4. The quantitative estimate of drug-likeness (QED) is 0.407. The van der Waals surface area contributed by atoms with Crippen LogP contribution in [0.4, 0.5) is 5.69 Å². The number of furan rings is 1. The molecule has 33 heavy (non-hydrogen) atoms. The van der Waals surface area contributed by atoms with Crippen LogP contribution in [0.25, 0.3) is 16.5 Å². The van der Waals surface area contributed by atoms with E-state index in [1.165, 1.54) is 0 Å². The minimum absolute atomic E-state index is 0.00123. The van der Waals surface area contributed by atoms with Crippen molar-refractivity contribution in [3.8, 4) is 5.75 Å². The molecule has 0 unspecified atom stereocenters. The molecule has 1 aliphatic rings. The van der Waals surface area contributed by atoms with Crippen molar-refractivity contribution in [2.45, 2.75) is 27.7 Å². The van der Waals surface area contributed by atoms with Gasteiger partial charge in [0.2, 0.25) is 5.91 Å². The molecule has 172 valence electrons. The highest BCUT2D eigenvalue weighted by atomic mass is 16.5. The average molecular weight is 447 g/mol. The highest BCUT2D eigenvalue weighted by Gasteiger charge is 2.21. The van der Waals surface area contributed by atoms with Crippen molar-refractivity contribution in [2.24, 2.45) is 0 Å². The van der Waals surface area contributed by atoms with Gasteiger partial charge in [-0.05, 0) is 69.2 Å². The van der Waals surface area contributed by atoms with Crippen molar-refractivity contribution in [1.29, 1.82) is 0 Å². The van der Waals surface area contributed by atoms with Crippen molar-refractivity contribution in [2.75, 3.05) is 38.2 Å². The second-order valence-electron chi connectivity index (χ2n) is 8.57. The van der Waals surface area contributed by atoms with Gasteiger partial charge in [0.15, 0.2) is 5.78 Å². The lowest BCUT2D eigenvalue weighted by Crippen LogP contribution is -2.48. The van der Waals surface area contributed by atoms with Gasteiger partial charge >= 0.3 is 0 Å². The van der Waals surface area contributed by atoms with Gasteiger partial charge in [-0.15, -0.1) is 0 Å². The number of carbonyl (C=O) groups is 2. The summed E-state index contributed by atoms with van der Waals surface area (Å²) in [6, 6.07) is 11.6. The number of amides is 1. The predicted octanol–water partition coefficient (Wildman–Crippen LogP) is 5.01. The van der Waals surface area contributed by atoms with Gasteiger partial charge in [0.05, 0.1) is 7.11 Å². The smallest absolute Gasteiger partial charge is 0.246 e. The van der Waals surface area contributed by atoms with E-state index in [0.29, 0.717) is 24.4 Å². The van der Waals surface area contributed by atoms with Crippen LogP contribution in [-0.2, 0) is 4.79 Å². The maximum absolute atomic E-state index is 13.0. The van der Waals surface area contributed by atoms with Gasteiger partial charge in [-0.25, -0.2) is 0 Å². The molecular weight excluding hydrogens is 416 g/mol. The Morgan fingerprint density at radius 1 is 1.00 bits per heavy atom. The molecule has 1 aromatic heterocycles. The number of fused-ring (bicyclic) bond motifs is 1. The van der Waals surface area contributed by atoms with Gasteiger partial charge in [0.1, 0.15) is 17.1 Å². The molecule has 1 saturated heterocycles. The van der Waals surface area contributed by atoms with Crippen molar-refractivity contribution in [1.82, 2.24) is 4.90 Å². The number of anilines is 1. The van der Waals surface area contributed by atoms with Gasteiger partial charge < -0.3 is 19.0 Å². The maximum Gasteiger partial charge on any atom is 0.246 e. The number of carbonyl (C=O) groups excluding carboxylic acids is 2. The molecule has 0 atom stereocenters. The Labute approximate surface area is 194 Å². The Morgan fingerprint density at radius 3 is 2.27 bits per heavy atom. The maximum atomic E-state index is 13.0.